The average Bonchev–Trinajstić information content (AvgIpc) is 3.04. The molecular formula is C22H27N3O5S. The fraction of sp³-hybridized carbons (Fsp3) is 0.364. The van der Waals surface area contributed by atoms with Gasteiger partial charge in [0, 0.05) is 37.0 Å². The van der Waals surface area contributed by atoms with Gasteiger partial charge in [0.05, 0.1) is 7.11 Å². The molecule has 0 atom stereocenters. The number of sulfonamides is 1. The van der Waals surface area contributed by atoms with Crippen LogP contribution >= 0.6 is 0 Å². The molecule has 1 heterocycles. The summed E-state index contributed by atoms with van der Waals surface area (Å²) in [6, 6.07) is 11.0. The fourth-order valence-electron chi connectivity index (χ4n) is 3.48. The lowest BCUT2D eigenvalue weighted by Gasteiger charge is -2.21. The van der Waals surface area contributed by atoms with Gasteiger partial charge in [0.15, 0.2) is 0 Å². The Morgan fingerprint density at radius 2 is 1.48 bits per heavy atom. The molecule has 0 aliphatic carbocycles. The van der Waals surface area contributed by atoms with Gasteiger partial charge in [-0.05, 0) is 55.3 Å². The molecule has 2 amide bonds. The van der Waals surface area contributed by atoms with Crippen LogP contribution in [0.25, 0.3) is 0 Å². The molecule has 3 rings (SSSR count). The minimum atomic E-state index is -3.79. The molecule has 1 aliphatic rings. The zero-order valence-electron chi connectivity index (χ0n) is 17.7. The lowest BCUT2D eigenvalue weighted by atomic mass is 10.2. The maximum Gasteiger partial charge on any atom is 0.255 e. The van der Waals surface area contributed by atoms with E-state index in [1.54, 1.807) is 24.3 Å². The summed E-state index contributed by atoms with van der Waals surface area (Å²) in [5.41, 5.74) is 1.34. The number of anilines is 2. The van der Waals surface area contributed by atoms with Crippen molar-refractivity contribution in [2.24, 2.45) is 0 Å². The van der Waals surface area contributed by atoms with E-state index in [-0.39, 0.29) is 22.1 Å². The van der Waals surface area contributed by atoms with Gasteiger partial charge >= 0.3 is 0 Å². The summed E-state index contributed by atoms with van der Waals surface area (Å²) < 4.78 is 33.3. The first-order valence-corrected chi connectivity index (χ1v) is 11.6. The molecule has 1 fully saturated rings. The van der Waals surface area contributed by atoms with Crippen molar-refractivity contribution in [1.82, 2.24) is 4.31 Å². The molecule has 166 valence electrons. The second kappa shape index (κ2) is 9.93. The van der Waals surface area contributed by atoms with Crippen LogP contribution in [0.1, 0.15) is 43.0 Å². The number of methoxy groups -OCH3 is 1. The minimum absolute atomic E-state index is 0.00874. The van der Waals surface area contributed by atoms with Gasteiger partial charge in [-0.2, -0.15) is 4.31 Å². The summed E-state index contributed by atoms with van der Waals surface area (Å²) >= 11 is 0. The predicted octanol–water partition coefficient (Wildman–Crippen LogP) is 3.47. The Hall–Kier alpha value is -2.91. The zero-order valence-corrected chi connectivity index (χ0v) is 18.5. The van der Waals surface area contributed by atoms with Crippen LogP contribution in [-0.4, -0.2) is 44.7 Å². The van der Waals surface area contributed by atoms with E-state index in [1.807, 2.05) is 0 Å². The van der Waals surface area contributed by atoms with E-state index in [1.165, 1.54) is 36.5 Å². The molecule has 2 N–H and O–H groups in total. The van der Waals surface area contributed by atoms with Crippen LogP contribution in [0.4, 0.5) is 11.4 Å². The molecular weight excluding hydrogens is 418 g/mol. The van der Waals surface area contributed by atoms with Crippen LogP contribution < -0.4 is 15.4 Å². The maximum atomic E-state index is 13.3. The SMILES string of the molecule is COc1ccc(C(=O)Nc2ccc(NC(C)=O)cc2)cc1S(=O)(=O)N1CCCCCC1. The predicted molar refractivity (Wildman–Crippen MR) is 119 cm³/mol. The number of carbonyl (C=O) groups excluding carboxylic acids is 2. The van der Waals surface area contributed by atoms with Crippen molar-refractivity contribution in [3.8, 4) is 5.75 Å². The van der Waals surface area contributed by atoms with E-state index < -0.39 is 15.9 Å². The van der Waals surface area contributed by atoms with E-state index in [0.717, 1.165) is 25.7 Å². The Balaban J connectivity index is 1.83. The third kappa shape index (κ3) is 5.62. The maximum absolute atomic E-state index is 13.3. The number of benzene rings is 2. The second-order valence-electron chi connectivity index (χ2n) is 7.40. The smallest absolute Gasteiger partial charge is 0.255 e. The average molecular weight is 446 g/mol. The van der Waals surface area contributed by atoms with Gasteiger partial charge in [-0.25, -0.2) is 8.42 Å². The van der Waals surface area contributed by atoms with E-state index in [2.05, 4.69) is 10.6 Å². The van der Waals surface area contributed by atoms with Crippen molar-refractivity contribution in [3.05, 3.63) is 48.0 Å². The third-order valence-electron chi connectivity index (χ3n) is 5.07. The monoisotopic (exact) mass is 445 g/mol. The molecule has 0 aromatic heterocycles. The first-order valence-electron chi connectivity index (χ1n) is 10.2. The van der Waals surface area contributed by atoms with Gasteiger partial charge in [-0.15, -0.1) is 0 Å². The summed E-state index contributed by atoms with van der Waals surface area (Å²) in [5, 5.41) is 5.40. The molecule has 1 aliphatic heterocycles. The summed E-state index contributed by atoms with van der Waals surface area (Å²) in [4.78, 5) is 23.9. The van der Waals surface area contributed by atoms with Gasteiger partial charge in [-0.3, -0.25) is 9.59 Å². The number of nitrogens with zero attached hydrogens (tertiary/aromatic N) is 1. The van der Waals surface area contributed by atoms with Crippen LogP contribution in [0.2, 0.25) is 0 Å². The molecule has 2 aromatic carbocycles. The molecule has 0 bridgehead atoms. The Bertz CT molecular complexity index is 1040. The molecule has 0 spiro atoms. The van der Waals surface area contributed by atoms with Crippen molar-refractivity contribution < 1.29 is 22.7 Å². The highest BCUT2D eigenvalue weighted by Gasteiger charge is 2.29. The molecule has 0 unspecified atom stereocenters. The van der Waals surface area contributed by atoms with Gasteiger partial charge in [0.25, 0.3) is 5.91 Å². The summed E-state index contributed by atoms with van der Waals surface area (Å²) in [6.07, 6.45) is 3.64. The molecule has 0 saturated carbocycles. The van der Waals surface area contributed by atoms with Crippen molar-refractivity contribution in [1.29, 1.82) is 0 Å². The summed E-state index contributed by atoms with van der Waals surface area (Å²) in [7, 11) is -2.38. The minimum Gasteiger partial charge on any atom is -0.495 e. The number of ether oxygens (including phenoxy) is 1. The summed E-state index contributed by atoms with van der Waals surface area (Å²) in [5.74, 6) is -0.420. The molecule has 0 radical (unpaired) electrons. The van der Waals surface area contributed by atoms with E-state index in [9.17, 15) is 18.0 Å². The quantitative estimate of drug-likeness (QED) is 0.708. The molecule has 9 heteroatoms. The highest BCUT2D eigenvalue weighted by molar-refractivity contribution is 7.89. The number of hydrogen-bond donors (Lipinski definition) is 2. The van der Waals surface area contributed by atoms with Crippen LogP contribution in [-0.2, 0) is 14.8 Å². The molecule has 8 nitrogen and oxygen atoms in total. The third-order valence-corrected chi connectivity index (χ3v) is 6.99. The van der Waals surface area contributed by atoms with Crippen molar-refractivity contribution >= 4 is 33.2 Å². The number of amides is 2. The number of hydrogen-bond acceptors (Lipinski definition) is 5. The van der Waals surface area contributed by atoms with Gasteiger partial charge < -0.3 is 15.4 Å². The van der Waals surface area contributed by atoms with E-state index in [0.29, 0.717) is 24.5 Å². The topological polar surface area (TPSA) is 105 Å². The van der Waals surface area contributed by atoms with Crippen LogP contribution in [0.3, 0.4) is 0 Å². The molecule has 31 heavy (non-hydrogen) atoms. The van der Waals surface area contributed by atoms with Gasteiger partial charge in [0.2, 0.25) is 15.9 Å². The van der Waals surface area contributed by atoms with E-state index >= 15 is 0 Å². The first-order chi connectivity index (χ1) is 14.8. The Morgan fingerprint density at radius 1 is 0.903 bits per heavy atom. The van der Waals surface area contributed by atoms with Gasteiger partial charge in [-0.1, -0.05) is 12.8 Å². The van der Waals surface area contributed by atoms with Crippen molar-refractivity contribution in [2.45, 2.75) is 37.5 Å². The summed E-state index contributed by atoms with van der Waals surface area (Å²) in [6.45, 7) is 2.34. The Kier molecular flexibility index (Phi) is 7.29. The van der Waals surface area contributed by atoms with Crippen LogP contribution in [0.15, 0.2) is 47.4 Å². The van der Waals surface area contributed by atoms with Crippen molar-refractivity contribution in [3.63, 3.8) is 0 Å². The normalized spacial score (nSPS) is 15.0. The van der Waals surface area contributed by atoms with Crippen LogP contribution in [0.5, 0.6) is 5.75 Å². The Morgan fingerprint density at radius 3 is 2.03 bits per heavy atom. The molecule has 1 saturated heterocycles. The highest BCUT2D eigenvalue weighted by Crippen LogP contribution is 2.29. The molecule has 2 aromatic rings. The Labute approximate surface area is 182 Å². The zero-order chi connectivity index (χ0) is 22.4. The standard InChI is InChI=1S/C22H27N3O5S/c1-16(26)23-18-8-10-19(11-9-18)24-22(27)17-7-12-20(30-2)21(15-17)31(28,29)25-13-5-3-4-6-14-25/h7-12,15H,3-6,13-14H2,1-2H3,(H,23,26)(H,24,27). The lowest BCUT2D eigenvalue weighted by molar-refractivity contribution is -0.114. The van der Waals surface area contributed by atoms with Crippen LogP contribution in [0, 0.1) is 0 Å². The number of rotatable bonds is 6. The fourth-order valence-corrected chi connectivity index (χ4v) is 5.18. The van der Waals surface area contributed by atoms with E-state index in [4.69, 9.17) is 4.74 Å². The highest BCUT2D eigenvalue weighted by atomic mass is 32.2. The lowest BCUT2D eigenvalue weighted by Crippen LogP contribution is -2.32. The van der Waals surface area contributed by atoms with Crippen molar-refractivity contribution in [2.75, 3.05) is 30.8 Å². The first kappa shape index (κ1) is 22.8. The largest absolute Gasteiger partial charge is 0.495 e. The number of nitrogens with one attached hydrogen (secondary N) is 2. The second-order valence-corrected chi connectivity index (χ2v) is 9.30. The number of carbonyl (C=O) groups is 2. The van der Waals surface area contributed by atoms with Gasteiger partial charge in [0.1, 0.15) is 10.6 Å².